The van der Waals surface area contributed by atoms with Gasteiger partial charge in [0.1, 0.15) is 5.75 Å². The average molecular weight is 316 g/mol. The molecule has 1 aromatic carbocycles. The van der Waals surface area contributed by atoms with E-state index in [2.05, 4.69) is 4.98 Å². The third-order valence-electron chi connectivity index (χ3n) is 3.55. The van der Waals surface area contributed by atoms with E-state index in [4.69, 9.17) is 4.74 Å². The number of thiazole rings is 1. The molecule has 1 unspecified atom stereocenters. The van der Waals surface area contributed by atoms with Gasteiger partial charge in [-0.3, -0.25) is 4.79 Å². The van der Waals surface area contributed by atoms with E-state index in [-0.39, 0.29) is 11.9 Å². The second kappa shape index (κ2) is 7.22. The lowest BCUT2D eigenvalue weighted by molar-refractivity contribution is -0.126. The van der Waals surface area contributed by atoms with Crippen molar-refractivity contribution >= 4 is 23.3 Å². The van der Waals surface area contributed by atoms with Crippen molar-refractivity contribution in [3.05, 3.63) is 52.0 Å². The van der Waals surface area contributed by atoms with Crippen LogP contribution in [0.3, 0.4) is 0 Å². The summed E-state index contributed by atoms with van der Waals surface area (Å²) in [5.74, 6) is 0.720. The Labute approximate surface area is 135 Å². The highest BCUT2D eigenvalue weighted by Gasteiger charge is 2.18. The summed E-state index contributed by atoms with van der Waals surface area (Å²) in [4.78, 5) is 18.3. The highest BCUT2D eigenvalue weighted by atomic mass is 32.1. The molecule has 1 aromatic heterocycles. The zero-order valence-electron chi connectivity index (χ0n) is 13.2. The minimum Gasteiger partial charge on any atom is -0.496 e. The van der Waals surface area contributed by atoms with Crippen molar-refractivity contribution in [3.63, 3.8) is 0 Å². The van der Waals surface area contributed by atoms with Gasteiger partial charge in [0, 0.05) is 24.1 Å². The van der Waals surface area contributed by atoms with Gasteiger partial charge in [0.25, 0.3) is 0 Å². The lowest BCUT2D eigenvalue weighted by atomic mass is 10.1. The molecule has 22 heavy (non-hydrogen) atoms. The molecule has 0 spiro atoms. The van der Waals surface area contributed by atoms with Gasteiger partial charge in [-0.15, -0.1) is 11.3 Å². The van der Waals surface area contributed by atoms with Gasteiger partial charge in [-0.1, -0.05) is 18.2 Å². The van der Waals surface area contributed by atoms with Crippen LogP contribution in [0.15, 0.2) is 35.7 Å². The Hall–Kier alpha value is -2.14. The van der Waals surface area contributed by atoms with E-state index < -0.39 is 0 Å². The van der Waals surface area contributed by atoms with Crippen LogP contribution in [-0.2, 0) is 4.79 Å². The van der Waals surface area contributed by atoms with Crippen molar-refractivity contribution in [2.75, 3.05) is 14.2 Å². The van der Waals surface area contributed by atoms with Crippen molar-refractivity contribution < 1.29 is 9.53 Å². The Bertz CT molecular complexity index is 679. The van der Waals surface area contributed by atoms with E-state index in [1.54, 1.807) is 42.5 Å². The Morgan fingerprint density at radius 2 is 2.14 bits per heavy atom. The molecule has 0 bridgehead atoms. The SMILES string of the molecule is COc1ccccc1C(C)N(C)C(=O)C=Cc1csc(C)n1. The number of rotatable bonds is 5. The van der Waals surface area contributed by atoms with E-state index in [0.717, 1.165) is 22.0 Å². The number of hydrogen-bond acceptors (Lipinski definition) is 4. The summed E-state index contributed by atoms with van der Waals surface area (Å²) in [7, 11) is 3.42. The third-order valence-corrected chi connectivity index (χ3v) is 4.34. The number of amides is 1. The second-order valence-corrected chi connectivity index (χ2v) is 6.05. The number of methoxy groups -OCH3 is 1. The molecule has 5 heteroatoms. The molecule has 0 aliphatic rings. The standard InChI is InChI=1S/C17H20N2O2S/c1-12(15-7-5-6-8-16(15)21-4)19(3)17(20)10-9-14-11-22-13(2)18-14/h5-12H,1-4H3. The maximum Gasteiger partial charge on any atom is 0.246 e. The van der Waals surface area contributed by atoms with Crippen LogP contribution < -0.4 is 4.74 Å². The molecule has 2 rings (SSSR count). The molecule has 1 amide bonds. The Morgan fingerprint density at radius 1 is 1.41 bits per heavy atom. The summed E-state index contributed by atoms with van der Waals surface area (Å²) in [5, 5.41) is 2.92. The number of likely N-dealkylation sites (N-methyl/N-ethyl adjacent to an activating group) is 1. The molecule has 0 fully saturated rings. The summed E-state index contributed by atoms with van der Waals surface area (Å²) in [6.45, 7) is 3.93. The van der Waals surface area contributed by atoms with Crippen LogP contribution >= 0.6 is 11.3 Å². The number of benzene rings is 1. The Morgan fingerprint density at radius 3 is 2.77 bits per heavy atom. The number of hydrogen-bond donors (Lipinski definition) is 0. The van der Waals surface area contributed by atoms with Crippen LogP contribution in [0.2, 0.25) is 0 Å². The summed E-state index contributed by atoms with van der Waals surface area (Å²) in [6.07, 6.45) is 3.30. The van der Waals surface area contributed by atoms with Crippen LogP contribution in [0.4, 0.5) is 0 Å². The van der Waals surface area contributed by atoms with Gasteiger partial charge in [-0.2, -0.15) is 0 Å². The largest absolute Gasteiger partial charge is 0.496 e. The maximum absolute atomic E-state index is 12.3. The molecular formula is C17H20N2O2S. The predicted molar refractivity (Wildman–Crippen MR) is 90.1 cm³/mol. The first-order valence-corrected chi connectivity index (χ1v) is 7.90. The smallest absolute Gasteiger partial charge is 0.246 e. The molecule has 0 saturated carbocycles. The van der Waals surface area contributed by atoms with Crippen molar-refractivity contribution in [2.24, 2.45) is 0 Å². The van der Waals surface area contributed by atoms with Gasteiger partial charge < -0.3 is 9.64 Å². The highest BCUT2D eigenvalue weighted by molar-refractivity contribution is 7.09. The molecule has 4 nitrogen and oxygen atoms in total. The lowest BCUT2D eigenvalue weighted by Gasteiger charge is -2.25. The number of aryl methyl sites for hydroxylation is 1. The van der Waals surface area contributed by atoms with E-state index in [0.29, 0.717) is 0 Å². The molecule has 0 aliphatic carbocycles. The first-order chi connectivity index (χ1) is 10.5. The number of nitrogens with zero attached hydrogens (tertiary/aromatic N) is 2. The summed E-state index contributed by atoms with van der Waals surface area (Å²) in [5.41, 5.74) is 1.80. The van der Waals surface area contributed by atoms with Crippen molar-refractivity contribution in [3.8, 4) is 5.75 Å². The van der Waals surface area contributed by atoms with Gasteiger partial charge in [-0.05, 0) is 26.0 Å². The fourth-order valence-corrected chi connectivity index (χ4v) is 2.72. The molecule has 0 saturated heterocycles. The lowest BCUT2D eigenvalue weighted by Crippen LogP contribution is -2.28. The number of carbonyl (C=O) groups excluding carboxylic acids is 1. The predicted octanol–water partition coefficient (Wildman–Crippen LogP) is 3.69. The van der Waals surface area contributed by atoms with E-state index >= 15 is 0 Å². The van der Waals surface area contributed by atoms with E-state index in [1.165, 1.54) is 0 Å². The number of para-hydroxylation sites is 1. The average Bonchev–Trinajstić information content (AvgIpc) is 2.96. The molecule has 1 heterocycles. The Balaban J connectivity index is 2.11. The molecule has 2 aromatic rings. The monoisotopic (exact) mass is 316 g/mol. The topological polar surface area (TPSA) is 42.4 Å². The molecule has 0 radical (unpaired) electrons. The summed E-state index contributed by atoms with van der Waals surface area (Å²) >= 11 is 1.57. The van der Waals surface area contributed by atoms with Crippen LogP contribution in [0, 0.1) is 6.92 Å². The van der Waals surface area contributed by atoms with E-state index in [1.807, 2.05) is 43.5 Å². The van der Waals surface area contributed by atoms with Crippen LogP contribution in [0.1, 0.15) is 29.2 Å². The summed E-state index contributed by atoms with van der Waals surface area (Å²) < 4.78 is 5.36. The molecule has 1 atom stereocenters. The molecule has 0 aliphatic heterocycles. The zero-order valence-corrected chi connectivity index (χ0v) is 14.1. The van der Waals surface area contributed by atoms with E-state index in [9.17, 15) is 4.79 Å². The number of carbonyl (C=O) groups is 1. The minimum atomic E-state index is -0.0783. The third kappa shape index (κ3) is 3.74. The fraction of sp³-hybridized carbons (Fsp3) is 0.294. The molecular weight excluding hydrogens is 296 g/mol. The van der Waals surface area contributed by atoms with Gasteiger partial charge in [-0.25, -0.2) is 4.98 Å². The van der Waals surface area contributed by atoms with Crippen LogP contribution in [0.5, 0.6) is 5.75 Å². The van der Waals surface area contributed by atoms with Crippen molar-refractivity contribution in [2.45, 2.75) is 19.9 Å². The first kappa shape index (κ1) is 16.2. The van der Waals surface area contributed by atoms with Gasteiger partial charge in [0.15, 0.2) is 0 Å². The van der Waals surface area contributed by atoms with Crippen molar-refractivity contribution in [1.82, 2.24) is 9.88 Å². The normalized spacial score (nSPS) is 12.4. The minimum absolute atomic E-state index is 0.0657. The fourth-order valence-electron chi connectivity index (χ4n) is 2.14. The second-order valence-electron chi connectivity index (χ2n) is 4.99. The molecule has 116 valence electrons. The first-order valence-electron chi connectivity index (χ1n) is 7.03. The van der Waals surface area contributed by atoms with Crippen LogP contribution in [0.25, 0.3) is 6.08 Å². The van der Waals surface area contributed by atoms with Gasteiger partial charge in [0.2, 0.25) is 5.91 Å². The zero-order chi connectivity index (χ0) is 16.1. The quantitative estimate of drug-likeness (QED) is 0.790. The number of aromatic nitrogens is 1. The van der Waals surface area contributed by atoms with Gasteiger partial charge in [0.05, 0.1) is 23.9 Å². The Kier molecular flexibility index (Phi) is 5.33. The van der Waals surface area contributed by atoms with Crippen molar-refractivity contribution in [1.29, 1.82) is 0 Å². The molecule has 0 N–H and O–H groups in total. The summed E-state index contributed by atoms with van der Waals surface area (Å²) in [6, 6.07) is 7.66. The van der Waals surface area contributed by atoms with Crippen LogP contribution in [-0.4, -0.2) is 29.9 Å². The highest BCUT2D eigenvalue weighted by Crippen LogP contribution is 2.28. The maximum atomic E-state index is 12.3. The number of ether oxygens (including phenoxy) is 1. The van der Waals surface area contributed by atoms with Gasteiger partial charge >= 0.3 is 0 Å².